The Balaban J connectivity index is -0.0000000939. The fourth-order valence-electron chi connectivity index (χ4n) is 0.253. The highest BCUT2D eigenvalue weighted by Gasteiger charge is 1.99. The monoisotopic (exact) mass is 366 g/mol. The average Bonchev–Trinajstić information content (AvgIpc) is 2.38. The van der Waals surface area contributed by atoms with Crippen LogP contribution in [0, 0.1) is 0 Å². The van der Waals surface area contributed by atoms with Crippen molar-refractivity contribution < 1.29 is 39.9 Å². The summed E-state index contributed by atoms with van der Waals surface area (Å²) in [5.74, 6) is -2.72. The number of rotatable bonds is 5. The number of carboxylic acid groups (broad SMARTS) is 3. The van der Waals surface area contributed by atoms with E-state index in [1.807, 2.05) is 0 Å². The number of thiol groups is 3. The number of carboxylic acids is 3. The lowest BCUT2D eigenvalue weighted by Crippen LogP contribution is -2.01. The van der Waals surface area contributed by atoms with Crippen LogP contribution in [0.15, 0.2) is 0 Å². The maximum Gasteiger partial charge on any atom is 0.313 e. The third kappa shape index (κ3) is 83.4. The van der Waals surface area contributed by atoms with Crippen molar-refractivity contribution in [1.82, 2.24) is 0 Å². The van der Waals surface area contributed by atoms with Gasteiger partial charge in [0, 0.05) is 5.25 Å². The quantitative estimate of drug-likeness (QED) is 0.310. The minimum Gasteiger partial charge on any atom is -0.481 e. The lowest BCUT2D eigenvalue weighted by molar-refractivity contribution is -0.137. The van der Waals surface area contributed by atoms with E-state index in [0.29, 0.717) is 0 Å². The van der Waals surface area contributed by atoms with E-state index in [1.165, 1.54) is 0 Å². The Morgan fingerprint density at radius 2 is 1.10 bits per heavy atom. The van der Waals surface area contributed by atoms with Gasteiger partial charge >= 0.3 is 17.9 Å². The van der Waals surface area contributed by atoms with Gasteiger partial charge in [-0.1, -0.05) is 6.92 Å². The molecule has 0 amide bonds. The molecule has 128 valence electrons. The first kappa shape index (κ1) is 28.5. The molecule has 0 aromatic carbocycles. The van der Waals surface area contributed by atoms with E-state index < -0.39 is 17.9 Å². The molecule has 0 spiro atoms. The van der Waals surface area contributed by atoms with Gasteiger partial charge in [-0.3, -0.25) is 14.4 Å². The van der Waals surface area contributed by atoms with Crippen LogP contribution >= 0.6 is 37.9 Å². The van der Waals surface area contributed by atoms with Crippen molar-refractivity contribution in [2.75, 3.05) is 24.7 Å². The molecule has 0 fully saturated rings. The second kappa shape index (κ2) is 24.4. The highest BCUT2D eigenvalue weighted by atomic mass is 32.1. The lowest BCUT2D eigenvalue weighted by atomic mass is 10.3. The Morgan fingerprint density at radius 1 is 0.857 bits per heavy atom. The first-order valence-electron chi connectivity index (χ1n) is 5.35. The van der Waals surface area contributed by atoms with Crippen LogP contribution in [-0.2, 0) is 14.4 Å². The molecule has 0 aromatic rings. The highest BCUT2D eigenvalue weighted by molar-refractivity contribution is 7.81. The van der Waals surface area contributed by atoms with Gasteiger partial charge in [-0.15, -0.1) is 0 Å². The van der Waals surface area contributed by atoms with Crippen LogP contribution in [0.1, 0.15) is 13.3 Å². The molecule has 5 N–H and O–H groups in total. The normalized spacial score (nSPS) is 9.43. The van der Waals surface area contributed by atoms with E-state index in [9.17, 15) is 14.4 Å². The maximum absolute atomic E-state index is 9.76. The Labute approximate surface area is 139 Å². The standard InChI is InChI=1S/C4H8O2S.2C2H4O2S.C2H6O2/c1-3(7)2-4(5)6;2*3-2(4)1-5;3-1-2-4/h3,7H,2H2,1H3,(H,5,6);2*5H,1H2,(H,3,4);3-4H,1-2H2. The molecule has 0 radical (unpaired) electrons. The molecule has 1 unspecified atom stereocenters. The molecule has 0 bridgehead atoms. The van der Waals surface area contributed by atoms with Crippen molar-refractivity contribution in [3.63, 3.8) is 0 Å². The van der Waals surface area contributed by atoms with E-state index in [1.54, 1.807) is 6.92 Å². The summed E-state index contributed by atoms with van der Waals surface area (Å²) < 4.78 is 0. The second-order valence-corrected chi connectivity index (χ2v) is 4.51. The Kier molecular flexibility index (Phi) is 33.1. The largest absolute Gasteiger partial charge is 0.481 e. The summed E-state index contributed by atoms with van der Waals surface area (Å²) in [6, 6.07) is 0. The van der Waals surface area contributed by atoms with Gasteiger partial charge in [-0.05, 0) is 0 Å². The summed E-state index contributed by atoms with van der Waals surface area (Å²) in [5.41, 5.74) is 0. The van der Waals surface area contributed by atoms with Gasteiger partial charge in [0.15, 0.2) is 0 Å². The molecule has 8 nitrogen and oxygen atoms in total. The van der Waals surface area contributed by atoms with Crippen molar-refractivity contribution >= 4 is 55.8 Å². The van der Waals surface area contributed by atoms with E-state index in [-0.39, 0.29) is 36.4 Å². The summed E-state index contributed by atoms with van der Waals surface area (Å²) >= 11 is 10.7. The minimum absolute atomic E-state index is 0.0301. The second-order valence-electron chi connectivity index (χ2n) is 3.00. The number of carbonyl (C=O) groups is 3. The molecule has 0 aliphatic carbocycles. The van der Waals surface area contributed by atoms with Gasteiger partial charge in [0.1, 0.15) is 0 Å². The van der Waals surface area contributed by atoms with Crippen LogP contribution in [0.2, 0.25) is 0 Å². The minimum atomic E-state index is -0.881. The van der Waals surface area contributed by atoms with E-state index >= 15 is 0 Å². The third-order valence-corrected chi connectivity index (χ3v) is 1.56. The zero-order valence-corrected chi connectivity index (χ0v) is 14.1. The number of aliphatic hydroxyl groups excluding tert-OH is 2. The molecule has 0 aliphatic heterocycles. The van der Waals surface area contributed by atoms with Gasteiger partial charge in [0.25, 0.3) is 0 Å². The zero-order valence-electron chi connectivity index (χ0n) is 11.4. The van der Waals surface area contributed by atoms with Crippen molar-refractivity contribution in [1.29, 1.82) is 0 Å². The summed E-state index contributed by atoms with van der Waals surface area (Å²) in [4.78, 5) is 28.3. The predicted molar refractivity (Wildman–Crippen MR) is 87.9 cm³/mol. The summed E-state index contributed by atoms with van der Waals surface area (Å²) in [5, 5.41) is 38.5. The molecule has 0 heterocycles. The molecule has 1 atom stereocenters. The van der Waals surface area contributed by atoms with Gasteiger partial charge in [0.2, 0.25) is 0 Å². The molecule has 0 aromatic heterocycles. The smallest absolute Gasteiger partial charge is 0.313 e. The van der Waals surface area contributed by atoms with Crippen LogP contribution in [0.25, 0.3) is 0 Å². The molecule has 11 heteroatoms. The zero-order chi connectivity index (χ0) is 17.8. The fourth-order valence-corrected chi connectivity index (χ4v) is 0.409. The first-order valence-corrected chi connectivity index (χ1v) is 7.13. The topological polar surface area (TPSA) is 152 Å². The highest BCUT2D eigenvalue weighted by Crippen LogP contribution is 1.96. The van der Waals surface area contributed by atoms with E-state index in [4.69, 9.17) is 25.5 Å². The fraction of sp³-hybridized carbons (Fsp3) is 0.700. The Hall–Kier alpha value is -0.620. The summed E-state index contributed by atoms with van der Waals surface area (Å²) in [6.45, 7) is 1.50. The molecule has 0 saturated carbocycles. The maximum atomic E-state index is 9.76. The van der Waals surface area contributed by atoms with Gasteiger partial charge < -0.3 is 25.5 Å². The molecule has 0 aliphatic rings. The van der Waals surface area contributed by atoms with Crippen LogP contribution in [0.5, 0.6) is 0 Å². The van der Waals surface area contributed by atoms with Gasteiger partial charge in [0.05, 0.1) is 31.1 Å². The third-order valence-electron chi connectivity index (χ3n) is 0.841. The van der Waals surface area contributed by atoms with Crippen molar-refractivity contribution in [3.8, 4) is 0 Å². The van der Waals surface area contributed by atoms with Crippen molar-refractivity contribution in [2.45, 2.75) is 18.6 Å². The number of aliphatic carboxylic acids is 3. The first-order chi connectivity index (χ1) is 9.58. The predicted octanol–water partition coefficient (Wildman–Crippen LogP) is -0.248. The van der Waals surface area contributed by atoms with Crippen molar-refractivity contribution in [3.05, 3.63) is 0 Å². The van der Waals surface area contributed by atoms with Crippen LogP contribution in [0.3, 0.4) is 0 Å². The summed E-state index contributed by atoms with van der Waals surface area (Å²) in [7, 11) is 0. The van der Waals surface area contributed by atoms with E-state index in [2.05, 4.69) is 37.9 Å². The molecular formula is C10H22O8S3. The lowest BCUT2D eigenvalue weighted by Gasteiger charge is -1.93. The summed E-state index contributed by atoms with van der Waals surface area (Å²) in [6.07, 6.45) is 0.142. The van der Waals surface area contributed by atoms with Gasteiger partial charge in [-0.25, -0.2) is 0 Å². The van der Waals surface area contributed by atoms with Crippen molar-refractivity contribution in [2.24, 2.45) is 0 Å². The van der Waals surface area contributed by atoms with Crippen LogP contribution < -0.4 is 0 Å². The van der Waals surface area contributed by atoms with Gasteiger partial charge in [-0.2, -0.15) is 37.9 Å². The SMILES string of the molecule is CC(S)CC(=O)O.O=C(O)CS.O=C(O)CS.OCCO. The number of hydrogen-bond acceptors (Lipinski definition) is 8. The number of aliphatic hydroxyl groups is 2. The Bertz CT molecular complexity index is 245. The van der Waals surface area contributed by atoms with E-state index in [0.717, 1.165) is 0 Å². The van der Waals surface area contributed by atoms with Crippen LogP contribution in [-0.4, -0.2) is 73.4 Å². The molecule has 21 heavy (non-hydrogen) atoms. The van der Waals surface area contributed by atoms with Crippen LogP contribution in [0.4, 0.5) is 0 Å². The molecule has 0 rings (SSSR count). The number of hydrogen-bond donors (Lipinski definition) is 8. The average molecular weight is 366 g/mol. The Morgan fingerprint density at radius 3 is 1.10 bits per heavy atom. The molecular weight excluding hydrogens is 344 g/mol. The molecule has 0 saturated heterocycles.